The summed E-state index contributed by atoms with van der Waals surface area (Å²) in [5.74, 6) is -0.403. The number of nitro benzene ring substituents is 1. The van der Waals surface area contributed by atoms with Gasteiger partial charge in [0.25, 0.3) is 11.6 Å². The average Bonchev–Trinajstić information content (AvgIpc) is 2.55. The second kappa shape index (κ2) is 7.37. The molecule has 0 aromatic heterocycles. The molecule has 0 aliphatic carbocycles. The Morgan fingerprint density at radius 2 is 1.96 bits per heavy atom. The van der Waals surface area contributed by atoms with Gasteiger partial charge in [0.05, 0.1) is 11.1 Å². The van der Waals surface area contributed by atoms with Gasteiger partial charge in [-0.15, -0.1) is 0 Å². The molecule has 7 nitrogen and oxygen atoms in total. The van der Waals surface area contributed by atoms with Crippen LogP contribution in [0.2, 0.25) is 5.02 Å². The van der Waals surface area contributed by atoms with Crippen LogP contribution in [0.3, 0.4) is 0 Å². The zero-order valence-electron chi connectivity index (χ0n) is 12.1. The lowest BCUT2D eigenvalue weighted by Crippen LogP contribution is -2.17. The Morgan fingerprint density at radius 3 is 2.57 bits per heavy atom. The van der Waals surface area contributed by atoms with E-state index in [-0.39, 0.29) is 5.69 Å². The molecule has 2 aromatic rings. The number of benzene rings is 2. The zero-order valence-corrected chi connectivity index (χ0v) is 12.9. The van der Waals surface area contributed by atoms with Crippen molar-refractivity contribution in [3.8, 4) is 0 Å². The van der Waals surface area contributed by atoms with Crippen LogP contribution in [0.4, 0.5) is 11.4 Å². The first-order chi connectivity index (χ1) is 11.0. The number of hydrogen-bond acceptors (Lipinski definition) is 5. The maximum atomic E-state index is 11.8. The highest BCUT2D eigenvalue weighted by Gasteiger charge is 2.12. The average molecular weight is 333 g/mol. The van der Waals surface area contributed by atoms with Crippen molar-refractivity contribution in [2.45, 2.75) is 0 Å². The predicted molar refractivity (Wildman–Crippen MR) is 89.2 cm³/mol. The second-order valence-electron chi connectivity index (χ2n) is 4.49. The fraction of sp³-hybridized carbons (Fsp3) is 0.0667. The van der Waals surface area contributed by atoms with Crippen molar-refractivity contribution in [3.05, 3.63) is 68.7 Å². The molecule has 0 heterocycles. The van der Waals surface area contributed by atoms with E-state index < -0.39 is 10.8 Å². The number of anilines is 1. The summed E-state index contributed by atoms with van der Waals surface area (Å²) in [5, 5.41) is 18.0. The molecular weight excluding hydrogens is 320 g/mol. The molecule has 0 unspecified atom stereocenters. The van der Waals surface area contributed by atoms with Crippen LogP contribution in [-0.4, -0.2) is 24.1 Å². The number of amides is 1. The van der Waals surface area contributed by atoms with Crippen molar-refractivity contribution in [1.82, 2.24) is 5.43 Å². The van der Waals surface area contributed by atoms with E-state index >= 15 is 0 Å². The van der Waals surface area contributed by atoms with Crippen molar-refractivity contribution in [2.24, 2.45) is 5.10 Å². The van der Waals surface area contributed by atoms with Gasteiger partial charge in [-0.3, -0.25) is 14.9 Å². The summed E-state index contributed by atoms with van der Waals surface area (Å²) in [5.41, 5.74) is 3.58. The Morgan fingerprint density at radius 1 is 1.26 bits per heavy atom. The Balaban J connectivity index is 2.08. The molecule has 118 valence electrons. The fourth-order valence-corrected chi connectivity index (χ4v) is 1.95. The molecule has 23 heavy (non-hydrogen) atoms. The predicted octanol–water partition coefficient (Wildman–Crippen LogP) is 3.05. The summed E-state index contributed by atoms with van der Waals surface area (Å²) < 4.78 is 0. The molecule has 8 heteroatoms. The minimum Gasteiger partial charge on any atom is -0.383 e. The van der Waals surface area contributed by atoms with Crippen LogP contribution in [0.25, 0.3) is 0 Å². The van der Waals surface area contributed by atoms with Gasteiger partial charge in [-0.05, 0) is 30.3 Å². The number of hydrogen-bond donors (Lipinski definition) is 2. The van der Waals surface area contributed by atoms with Gasteiger partial charge in [0.2, 0.25) is 0 Å². The van der Waals surface area contributed by atoms with E-state index in [1.165, 1.54) is 12.3 Å². The lowest BCUT2D eigenvalue weighted by molar-refractivity contribution is -0.383. The molecule has 0 bridgehead atoms. The van der Waals surface area contributed by atoms with Gasteiger partial charge in [-0.25, -0.2) is 5.43 Å². The normalized spacial score (nSPS) is 10.5. The standard InChI is InChI=1S/C15H13ClN4O3/c1-17-13-7-2-10(8-14(13)20(22)23)9-18-19-15(21)11-3-5-12(16)6-4-11/h2-9,17H,1H3,(H,19,21)/b18-9+. The Hall–Kier alpha value is -2.93. The summed E-state index contributed by atoms with van der Waals surface area (Å²) >= 11 is 5.74. The van der Waals surface area contributed by atoms with E-state index in [1.54, 1.807) is 43.4 Å². The first-order valence-electron chi connectivity index (χ1n) is 6.56. The highest BCUT2D eigenvalue weighted by atomic mass is 35.5. The van der Waals surface area contributed by atoms with E-state index in [0.29, 0.717) is 21.8 Å². The quantitative estimate of drug-likeness (QED) is 0.499. The number of halogens is 1. The van der Waals surface area contributed by atoms with Crippen molar-refractivity contribution in [2.75, 3.05) is 12.4 Å². The molecule has 2 aromatic carbocycles. The highest BCUT2D eigenvalue weighted by Crippen LogP contribution is 2.24. The van der Waals surface area contributed by atoms with Crippen molar-refractivity contribution >= 4 is 35.1 Å². The van der Waals surface area contributed by atoms with Crippen LogP contribution < -0.4 is 10.7 Å². The monoisotopic (exact) mass is 332 g/mol. The van der Waals surface area contributed by atoms with E-state index in [1.807, 2.05) is 0 Å². The summed E-state index contributed by atoms with van der Waals surface area (Å²) in [6.07, 6.45) is 1.33. The second-order valence-corrected chi connectivity index (χ2v) is 4.93. The third kappa shape index (κ3) is 4.27. The van der Waals surface area contributed by atoms with Crippen molar-refractivity contribution in [1.29, 1.82) is 0 Å². The number of nitrogens with zero attached hydrogens (tertiary/aromatic N) is 2. The topological polar surface area (TPSA) is 96.6 Å². The molecule has 0 aliphatic rings. The maximum Gasteiger partial charge on any atom is 0.292 e. The third-order valence-electron chi connectivity index (χ3n) is 2.97. The molecular formula is C15H13ClN4O3. The largest absolute Gasteiger partial charge is 0.383 e. The van der Waals surface area contributed by atoms with Gasteiger partial charge < -0.3 is 5.32 Å². The van der Waals surface area contributed by atoms with Crippen molar-refractivity contribution < 1.29 is 9.72 Å². The van der Waals surface area contributed by atoms with Gasteiger partial charge in [-0.1, -0.05) is 17.7 Å². The molecule has 0 radical (unpaired) electrons. The zero-order chi connectivity index (χ0) is 16.8. The molecule has 0 saturated heterocycles. The maximum absolute atomic E-state index is 11.8. The number of carbonyl (C=O) groups is 1. The smallest absolute Gasteiger partial charge is 0.292 e. The first-order valence-corrected chi connectivity index (χ1v) is 6.94. The Labute approximate surface area is 137 Å². The lowest BCUT2D eigenvalue weighted by Gasteiger charge is -2.03. The minimum atomic E-state index is -0.491. The number of rotatable bonds is 5. The first kappa shape index (κ1) is 16.4. The molecule has 0 atom stereocenters. The molecule has 1 amide bonds. The van der Waals surface area contributed by atoms with Crippen LogP contribution in [0.1, 0.15) is 15.9 Å². The van der Waals surface area contributed by atoms with Crippen molar-refractivity contribution in [3.63, 3.8) is 0 Å². The summed E-state index contributed by atoms with van der Waals surface area (Å²) in [4.78, 5) is 22.3. The molecule has 0 aliphatic heterocycles. The Kier molecular flexibility index (Phi) is 5.27. The van der Waals surface area contributed by atoms with Crippen LogP contribution in [0.15, 0.2) is 47.6 Å². The minimum absolute atomic E-state index is 0.0690. The molecule has 0 fully saturated rings. The van der Waals surface area contributed by atoms with Gasteiger partial charge >= 0.3 is 0 Å². The molecule has 2 rings (SSSR count). The molecule has 0 spiro atoms. The highest BCUT2D eigenvalue weighted by molar-refractivity contribution is 6.30. The number of nitro groups is 1. The van der Waals surface area contributed by atoms with Crippen LogP contribution in [0.5, 0.6) is 0 Å². The van der Waals surface area contributed by atoms with Crippen LogP contribution >= 0.6 is 11.6 Å². The third-order valence-corrected chi connectivity index (χ3v) is 3.23. The Bertz CT molecular complexity index is 760. The van der Waals surface area contributed by atoms with Gasteiger partial charge in [0, 0.05) is 29.3 Å². The van der Waals surface area contributed by atoms with E-state index in [9.17, 15) is 14.9 Å². The fourth-order valence-electron chi connectivity index (χ4n) is 1.82. The molecule has 0 saturated carbocycles. The SMILES string of the molecule is CNc1ccc(/C=N/NC(=O)c2ccc(Cl)cc2)cc1[N+](=O)[O-]. The number of hydrazone groups is 1. The lowest BCUT2D eigenvalue weighted by atomic mass is 10.2. The van der Waals surface area contributed by atoms with Gasteiger partial charge in [0.1, 0.15) is 5.69 Å². The molecule has 2 N–H and O–H groups in total. The summed E-state index contributed by atoms with van der Waals surface area (Å²) in [6.45, 7) is 0. The summed E-state index contributed by atoms with van der Waals surface area (Å²) in [6, 6.07) is 10.9. The van der Waals surface area contributed by atoms with E-state index in [4.69, 9.17) is 11.6 Å². The van der Waals surface area contributed by atoms with E-state index in [2.05, 4.69) is 15.8 Å². The van der Waals surface area contributed by atoms with Gasteiger partial charge in [0.15, 0.2) is 0 Å². The van der Waals surface area contributed by atoms with Crippen LogP contribution in [-0.2, 0) is 0 Å². The number of carbonyl (C=O) groups excluding carboxylic acids is 1. The van der Waals surface area contributed by atoms with Gasteiger partial charge in [-0.2, -0.15) is 5.10 Å². The number of nitrogens with one attached hydrogen (secondary N) is 2. The summed E-state index contributed by atoms with van der Waals surface area (Å²) in [7, 11) is 1.60. The van der Waals surface area contributed by atoms with Crippen LogP contribution in [0, 0.1) is 10.1 Å². The van der Waals surface area contributed by atoms with E-state index in [0.717, 1.165) is 0 Å².